The maximum Gasteiger partial charge on any atom is 0.305 e. The van der Waals surface area contributed by atoms with E-state index in [0.717, 1.165) is 23.4 Å². The molecule has 0 spiro atoms. The van der Waals surface area contributed by atoms with Crippen molar-refractivity contribution >= 4 is 17.7 Å². The van der Waals surface area contributed by atoms with E-state index in [0.29, 0.717) is 30.3 Å². The Hall–Kier alpha value is -2.15. The van der Waals surface area contributed by atoms with E-state index in [1.165, 1.54) is 25.0 Å². The summed E-state index contributed by atoms with van der Waals surface area (Å²) in [6.45, 7) is 2.22. The molecular formula is C23H27F2NO3S. The number of ether oxygens (including phenoxy) is 2. The molecule has 0 N–H and O–H groups in total. The molecule has 1 heterocycles. The van der Waals surface area contributed by atoms with Crippen molar-refractivity contribution in [3.8, 4) is 16.9 Å². The van der Waals surface area contributed by atoms with Gasteiger partial charge < -0.3 is 9.47 Å². The zero-order valence-corrected chi connectivity index (χ0v) is 18.0. The van der Waals surface area contributed by atoms with Crippen molar-refractivity contribution in [2.75, 3.05) is 13.2 Å². The molecule has 30 heavy (non-hydrogen) atoms. The highest BCUT2D eigenvalue weighted by Gasteiger charge is 2.20. The molecule has 0 amide bonds. The predicted molar refractivity (Wildman–Crippen MR) is 114 cm³/mol. The van der Waals surface area contributed by atoms with Crippen LogP contribution in [0.4, 0.5) is 8.78 Å². The SMILES string of the molecule is CCOC(=O)CCCCOc1c(F)cc(-c2cccnc2SC2CCCC2)cc1F. The topological polar surface area (TPSA) is 48.4 Å². The Balaban J connectivity index is 1.64. The second-order valence-corrected chi connectivity index (χ2v) is 8.55. The van der Waals surface area contributed by atoms with Crippen LogP contribution in [0.3, 0.4) is 0 Å². The molecule has 2 aromatic rings. The Morgan fingerprint density at radius 2 is 1.93 bits per heavy atom. The Bertz CT molecular complexity index is 833. The summed E-state index contributed by atoms with van der Waals surface area (Å²) in [4.78, 5) is 15.7. The third-order valence-electron chi connectivity index (χ3n) is 4.99. The molecular weight excluding hydrogens is 408 g/mol. The summed E-state index contributed by atoms with van der Waals surface area (Å²) in [5.41, 5.74) is 1.18. The van der Waals surface area contributed by atoms with Gasteiger partial charge in [-0.25, -0.2) is 13.8 Å². The minimum Gasteiger partial charge on any atom is -0.488 e. The summed E-state index contributed by atoms with van der Waals surface area (Å²) in [5, 5.41) is 1.31. The number of carbonyl (C=O) groups excluding carboxylic acids is 1. The summed E-state index contributed by atoms with van der Waals surface area (Å²) < 4.78 is 39.4. The lowest BCUT2D eigenvalue weighted by Gasteiger charge is -2.14. The molecule has 1 fully saturated rings. The van der Waals surface area contributed by atoms with Crippen LogP contribution < -0.4 is 4.74 Å². The Morgan fingerprint density at radius 1 is 1.20 bits per heavy atom. The van der Waals surface area contributed by atoms with E-state index in [-0.39, 0.29) is 24.7 Å². The monoisotopic (exact) mass is 435 g/mol. The van der Waals surface area contributed by atoms with E-state index in [1.807, 2.05) is 6.07 Å². The molecule has 0 radical (unpaired) electrons. The van der Waals surface area contributed by atoms with E-state index >= 15 is 0 Å². The first kappa shape index (κ1) is 22.5. The number of rotatable bonds is 10. The van der Waals surface area contributed by atoms with Gasteiger partial charge >= 0.3 is 5.97 Å². The number of benzene rings is 1. The van der Waals surface area contributed by atoms with Gasteiger partial charge in [0, 0.05) is 23.4 Å². The van der Waals surface area contributed by atoms with E-state index in [9.17, 15) is 13.6 Å². The highest BCUT2D eigenvalue weighted by molar-refractivity contribution is 8.00. The minimum atomic E-state index is -0.740. The van der Waals surface area contributed by atoms with Crippen LogP contribution in [0.25, 0.3) is 11.1 Å². The van der Waals surface area contributed by atoms with E-state index in [1.54, 1.807) is 30.9 Å². The first-order valence-corrected chi connectivity index (χ1v) is 11.4. The summed E-state index contributed by atoms with van der Waals surface area (Å²) in [6, 6.07) is 6.21. The summed E-state index contributed by atoms with van der Waals surface area (Å²) in [7, 11) is 0. The van der Waals surface area contributed by atoms with Crippen LogP contribution in [0.2, 0.25) is 0 Å². The summed E-state index contributed by atoms with van der Waals surface area (Å²) >= 11 is 1.69. The van der Waals surface area contributed by atoms with E-state index in [2.05, 4.69) is 4.98 Å². The van der Waals surface area contributed by atoms with Crippen molar-refractivity contribution in [3.05, 3.63) is 42.1 Å². The lowest BCUT2D eigenvalue weighted by atomic mass is 10.1. The van der Waals surface area contributed by atoms with Gasteiger partial charge in [-0.3, -0.25) is 4.79 Å². The molecule has 4 nitrogen and oxygen atoms in total. The van der Waals surface area contributed by atoms with Crippen molar-refractivity contribution in [1.29, 1.82) is 0 Å². The number of aromatic nitrogens is 1. The normalized spacial score (nSPS) is 14.1. The molecule has 1 aromatic carbocycles. The summed E-state index contributed by atoms with van der Waals surface area (Å²) in [6.07, 6.45) is 7.75. The minimum absolute atomic E-state index is 0.127. The molecule has 0 aliphatic heterocycles. The molecule has 3 rings (SSSR count). The lowest BCUT2D eigenvalue weighted by Crippen LogP contribution is -2.06. The average molecular weight is 436 g/mol. The first-order chi connectivity index (χ1) is 14.6. The maximum absolute atomic E-state index is 14.6. The highest BCUT2D eigenvalue weighted by Crippen LogP contribution is 2.39. The number of hydrogen-bond acceptors (Lipinski definition) is 5. The van der Waals surface area contributed by atoms with Gasteiger partial charge in [0.1, 0.15) is 5.03 Å². The van der Waals surface area contributed by atoms with Crippen molar-refractivity contribution in [2.45, 2.75) is 62.1 Å². The van der Waals surface area contributed by atoms with Gasteiger partial charge in [-0.15, -0.1) is 11.8 Å². The third kappa shape index (κ3) is 6.17. The predicted octanol–water partition coefficient (Wildman–Crippen LogP) is 6.17. The summed E-state index contributed by atoms with van der Waals surface area (Å²) in [5.74, 6) is -2.14. The van der Waals surface area contributed by atoms with Crippen molar-refractivity contribution in [1.82, 2.24) is 4.98 Å². The molecule has 1 saturated carbocycles. The van der Waals surface area contributed by atoms with Crippen LogP contribution in [-0.2, 0) is 9.53 Å². The Kier molecular flexibility index (Phi) is 8.49. The van der Waals surface area contributed by atoms with Gasteiger partial charge in [0.15, 0.2) is 17.4 Å². The van der Waals surface area contributed by atoms with Crippen LogP contribution in [0, 0.1) is 11.6 Å². The molecule has 0 atom stereocenters. The average Bonchev–Trinajstić information content (AvgIpc) is 3.23. The molecule has 0 bridgehead atoms. The second-order valence-electron chi connectivity index (χ2n) is 7.26. The quantitative estimate of drug-likeness (QED) is 0.330. The van der Waals surface area contributed by atoms with Crippen LogP contribution >= 0.6 is 11.8 Å². The zero-order chi connectivity index (χ0) is 21.3. The molecule has 0 saturated heterocycles. The fourth-order valence-electron chi connectivity index (χ4n) is 3.50. The van der Waals surface area contributed by atoms with Gasteiger partial charge in [-0.05, 0) is 56.4 Å². The number of carbonyl (C=O) groups is 1. The van der Waals surface area contributed by atoms with Gasteiger partial charge in [0.25, 0.3) is 0 Å². The van der Waals surface area contributed by atoms with Gasteiger partial charge in [0.05, 0.1) is 13.2 Å². The number of thioether (sulfide) groups is 1. The van der Waals surface area contributed by atoms with Gasteiger partial charge in [0.2, 0.25) is 0 Å². The van der Waals surface area contributed by atoms with Crippen LogP contribution in [0.5, 0.6) is 5.75 Å². The zero-order valence-electron chi connectivity index (χ0n) is 17.2. The van der Waals surface area contributed by atoms with Crippen LogP contribution in [0.1, 0.15) is 51.9 Å². The number of pyridine rings is 1. The van der Waals surface area contributed by atoms with Gasteiger partial charge in [-0.2, -0.15) is 0 Å². The standard InChI is InChI=1S/C23H27F2NO3S/c1-2-28-21(27)11-5-6-13-29-22-19(24)14-16(15-20(22)25)18-10-7-12-26-23(18)30-17-8-3-4-9-17/h7,10,12,14-15,17H,2-6,8-9,11,13H2,1H3. The van der Waals surface area contributed by atoms with E-state index < -0.39 is 11.6 Å². The molecule has 0 unspecified atom stereocenters. The highest BCUT2D eigenvalue weighted by atomic mass is 32.2. The number of nitrogens with zero attached hydrogens (tertiary/aromatic N) is 1. The lowest BCUT2D eigenvalue weighted by molar-refractivity contribution is -0.143. The maximum atomic E-state index is 14.6. The number of halogens is 2. The van der Waals surface area contributed by atoms with Crippen molar-refractivity contribution in [2.24, 2.45) is 0 Å². The largest absolute Gasteiger partial charge is 0.488 e. The van der Waals surface area contributed by atoms with Crippen molar-refractivity contribution in [3.63, 3.8) is 0 Å². The first-order valence-electron chi connectivity index (χ1n) is 10.5. The van der Waals surface area contributed by atoms with Crippen molar-refractivity contribution < 1.29 is 23.0 Å². The third-order valence-corrected chi connectivity index (χ3v) is 6.34. The van der Waals surface area contributed by atoms with Crippen LogP contribution in [0.15, 0.2) is 35.5 Å². The Labute approximate surface area is 180 Å². The smallest absolute Gasteiger partial charge is 0.305 e. The van der Waals surface area contributed by atoms with Crippen LogP contribution in [-0.4, -0.2) is 29.4 Å². The Morgan fingerprint density at radius 3 is 2.63 bits per heavy atom. The fraction of sp³-hybridized carbons (Fsp3) is 0.478. The number of hydrogen-bond donors (Lipinski definition) is 0. The molecule has 1 aliphatic rings. The number of esters is 1. The number of unbranched alkanes of at least 4 members (excludes halogenated alkanes) is 1. The molecule has 1 aliphatic carbocycles. The molecule has 162 valence electrons. The fourth-order valence-corrected chi connectivity index (χ4v) is 4.82. The molecule has 7 heteroatoms. The van der Waals surface area contributed by atoms with Gasteiger partial charge in [-0.1, -0.05) is 18.9 Å². The molecule has 1 aromatic heterocycles. The van der Waals surface area contributed by atoms with E-state index in [4.69, 9.17) is 9.47 Å². The second kappa shape index (κ2) is 11.3.